The van der Waals surface area contributed by atoms with Crippen molar-refractivity contribution in [2.45, 2.75) is 38.9 Å². The molecule has 0 amide bonds. The summed E-state index contributed by atoms with van der Waals surface area (Å²) < 4.78 is 25.8. The maximum absolute atomic E-state index is 14.7. The molecule has 0 fully saturated rings. The predicted octanol–water partition coefficient (Wildman–Crippen LogP) is 4.80. The number of halogens is 1. The van der Waals surface area contributed by atoms with Crippen LogP contribution in [0.15, 0.2) is 66.7 Å². The van der Waals surface area contributed by atoms with Crippen LogP contribution in [-0.4, -0.2) is 35.6 Å². The molecule has 0 spiro atoms. The van der Waals surface area contributed by atoms with Crippen LogP contribution in [-0.2, 0) is 12.8 Å². The third-order valence-electron chi connectivity index (χ3n) is 5.01. The minimum Gasteiger partial charge on any atom is -0.488 e. The fraction of sp³-hybridized carbons (Fsp3) is 0.308. The molecule has 31 heavy (non-hydrogen) atoms. The molecule has 0 radical (unpaired) electrons. The number of hydrogen-bond acceptors (Lipinski definition) is 4. The van der Waals surface area contributed by atoms with Gasteiger partial charge in [0.25, 0.3) is 0 Å². The van der Waals surface area contributed by atoms with Gasteiger partial charge in [0.05, 0.1) is 13.2 Å². The Balaban J connectivity index is 1.60. The van der Waals surface area contributed by atoms with E-state index in [0.717, 1.165) is 35.3 Å². The highest BCUT2D eigenvalue weighted by Gasteiger charge is 2.09. The lowest BCUT2D eigenvalue weighted by Gasteiger charge is -2.13. The number of aliphatic hydroxyl groups is 2. The van der Waals surface area contributed by atoms with E-state index < -0.39 is 0 Å². The number of ether oxygens (including phenoxy) is 2. The van der Waals surface area contributed by atoms with Gasteiger partial charge < -0.3 is 19.7 Å². The summed E-state index contributed by atoms with van der Waals surface area (Å²) >= 11 is 0. The number of rotatable bonds is 10. The number of aryl methyl sites for hydroxylation is 2. The number of aliphatic hydroxyl groups excluding tert-OH is 2. The third kappa shape index (κ3) is 6.54. The van der Waals surface area contributed by atoms with Crippen molar-refractivity contribution in [3.05, 3.63) is 83.7 Å². The Bertz CT molecular complexity index is 954. The Morgan fingerprint density at radius 3 is 1.71 bits per heavy atom. The van der Waals surface area contributed by atoms with Crippen LogP contribution >= 0.6 is 0 Å². The van der Waals surface area contributed by atoms with Crippen molar-refractivity contribution in [2.75, 3.05) is 13.2 Å². The minimum absolute atomic E-state index is 0.0237. The Morgan fingerprint density at radius 1 is 0.710 bits per heavy atom. The Hall–Kier alpha value is -2.89. The fourth-order valence-electron chi connectivity index (χ4n) is 3.22. The van der Waals surface area contributed by atoms with Crippen molar-refractivity contribution < 1.29 is 24.1 Å². The van der Waals surface area contributed by atoms with E-state index in [1.165, 1.54) is 0 Å². The molecule has 0 unspecified atom stereocenters. The van der Waals surface area contributed by atoms with Crippen LogP contribution in [0.1, 0.15) is 25.0 Å². The van der Waals surface area contributed by atoms with Gasteiger partial charge >= 0.3 is 0 Å². The Labute approximate surface area is 182 Å². The first-order valence-electron chi connectivity index (χ1n) is 10.5. The van der Waals surface area contributed by atoms with Crippen LogP contribution in [0.2, 0.25) is 0 Å². The van der Waals surface area contributed by atoms with Gasteiger partial charge in [-0.2, -0.15) is 0 Å². The molecule has 3 rings (SSSR count). The predicted molar refractivity (Wildman–Crippen MR) is 120 cm³/mol. The third-order valence-corrected chi connectivity index (χ3v) is 5.01. The van der Waals surface area contributed by atoms with E-state index in [2.05, 4.69) is 0 Å². The quantitative estimate of drug-likeness (QED) is 0.491. The molecule has 3 aromatic carbocycles. The molecule has 0 aliphatic rings. The zero-order valence-corrected chi connectivity index (χ0v) is 17.9. The van der Waals surface area contributed by atoms with E-state index in [4.69, 9.17) is 19.7 Å². The maximum atomic E-state index is 14.7. The second-order valence-corrected chi connectivity index (χ2v) is 7.70. The van der Waals surface area contributed by atoms with Crippen molar-refractivity contribution >= 4 is 0 Å². The lowest BCUT2D eigenvalue weighted by molar-refractivity contribution is 0.129. The van der Waals surface area contributed by atoms with Crippen LogP contribution in [0.3, 0.4) is 0 Å². The van der Waals surface area contributed by atoms with Gasteiger partial charge in [-0.25, -0.2) is 4.39 Å². The van der Waals surface area contributed by atoms with Crippen LogP contribution < -0.4 is 9.47 Å². The highest BCUT2D eigenvalue weighted by Crippen LogP contribution is 2.26. The summed E-state index contributed by atoms with van der Waals surface area (Å²) in [4.78, 5) is 0. The van der Waals surface area contributed by atoms with Crippen LogP contribution in [0.25, 0.3) is 11.1 Å². The summed E-state index contributed by atoms with van der Waals surface area (Å²) in [6, 6.07) is 20.3. The molecular weight excluding hydrogens is 395 g/mol. The summed E-state index contributed by atoms with van der Waals surface area (Å²) in [5, 5.41) is 18.1. The Morgan fingerprint density at radius 2 is 1.19 bits per heavy atom. The molecule has 0 bridgehead atoms. The molecule has 5 heteroatoms. The molecule has 2 atom stereocenters. The normalized spacial score (nSPS) is 12.9. The van der Waals surface area contributed by atoms with Crippen LogP contribution in [0.5, 0.6) is 11.5 Å². The van der Waals surface area contributed by atoms with Crippen molar-refractivity contribution in [1.29, 1.82) is 0 Å². The van der Waals surface area contributed by atoms with Gasteiger partial charge in [0.1, 0.15) is 29.5 Å². The van der Waals surface area contributed by atoms with E-state index in [9.17, 15) is 4.39 Å². The van der Waals surface area contributed by atoms with Gasteiger partial charge in [-0.15, -0.1) is 0 Å². The monoisotopic (exact) mass is 424 g/mol. The van der Waals surface area contributed by atoms with Gasteiger partial charge in [0.2, 0.25) is 0 Å². The van der Waals surface area contributed by atoms with E-state index in [-0.39, 0.29) is 31.2 Å². The molecule has 3 aromatic rings. The maximum Gasteiger partial charge on any atom is 0.131 e. The van der Waals surface area contributed by atoms with Gasteiger partial charge in [-0.05, 0) is 73.7 Å². The summed E-state index contributed by atoms with van der Waals surface area (Å²) in [7, 11) is 0. The molecule has 0 aliphatic heterocycles. The van der Waals surface area contributed by atoms with E-state index in [0.29, 0.717) is 11.3 Å². The smallest absolute Gasteiger partial charge is 0.131 e. The van der Waals surface area contributed by atoms with E-state index in [1.807, 2.05) is 55.5 Å². The molecular formula is C26H29FO4. The van der Waals surface area contributed by atoms with Crippen LogP contribution in [0.4, 0.5) is 4.39 Å². The zero-order chi connectivity index (χ0) is 22.2. The van der Waals surface area contributed by atoms with E-state index in [1.54, 1.807) is 25.1 Å². The molecule has 0 heterocycles. The molecule has 0 saturated heterocycles. The molecule has 2 N–H and O–H groups in total. The second kappa shape index (κ2) is 10.9. The molecule has 164 valence electrons. The van der Waals surface area contributed by atoms with Gasteiger partial charge in [0.15, 0.2) is 0 Å². The first kappa shape index (κ1) is 22.8. The average Bonchev–Trinajstić information content (AvgIpc) is 2.79. The average molecular weight is 425 g/mol. The Kier molecular flexibility index (Phi) is 8.04. The summed E-state index contributed by atoms with van der Waals surface area (Å²) in [6.07, 6.45) is 1.01. The summed E-state index contributed by atoms with van der Waals surface area (Å²) in [5.41, 5.74) is 3.40. The van der Waals surface area contributed by atoms with Gasteiger partial charge in [-0.3, -0.25) is 0 Å². The molecule has 4 nitrogen and oxygen atoms in total. The summed E-state index contributed by atoms with van der Waals surface area (Å²) in [6.45, 7) is 3.51. The topological polar surface area (TPSA) is 58.9 Å². The van der Waals surface area contributed by atoms with Gasteiger partial charge in [-0.1, -0.05) is 36.4 Å². The minimum atomic E-state index is -0.283. The lowest BCUT2D eigenvalue weighted by atomic mass is 9.99. The lowest BCUT2D eigenvalue weighted by Crippen LogP contribution is -2.16. The first-order valence-corrected chi connectivity index (χ1v) is 10.5. The number of benzene rings is 3. The van der Waals surface area contributed by atoms with Crippen molar-refractivity contribution in [2.24, 2.45) is 0 Å². The highest BCUT2D eigenvalue weighted by atomic mass is 19.1. The van der Waals surface area contributed by atoms with E-state index >= 15 is 0 Å². The van der Waals surface area contributed by atoms with Crippen molar-refractivity contribution in [1.82, 2.24) is 0 Å². The molecule has 0 saturated carbocycles. The summed E-state index contributed by atoms with van der Waals surface area (Å²) in [5.74, 6) is 1.11. The molecule has 0 aromatic heterocycles. The van der Waals surface area contributed by atoms with Crippen molar-refractivity contribution in [3.63, 3.8) is 0 Å². The van der Waals surface area contributed by atoms with Crippen molar-refractivity contribution in [3.8, 4) is 22.6 Å². The second-order valence-electron chi connectivity index (χ2n) is 7.70. The standard InChI is InChI=1S/C26H29FO4/c1-18(16-28)30-23-10-5-20(6-11-23)3-4-21-7-14-25(26(27)15-21)22-8-12-24(13-9-22)31-19(2)17-29/h5-15,18-19,28-29H,3-4,16-17H2,1-2H3/t18-,19+/m0/s1. The first-order chi connectivity index (χ1) is 15.0. The zero-order valence-electron chi connectivity index (χ0n) is 17.9. The molecule has 0 aliphatic carbocycles. The van der Waals surface area contributed by atoms with Crippen LogP contribution in [0, 0.1) is 5.82 Å². The van der Waals surface area contributed by atoms with Gasteiger partial charge in [0, 0.05) is 5.56 Å². The highest BCUT2D eigenvalue weighted by molar-refractivity contribution is 5.65. The fourth-order valence-corrected chi connectivity index (χ4v) is 3.22. The largest absolute Gasteiger partial charge is 0.488 e. The SMILES string of the molecule is C[C@H](CO)Oc1ccc(-c2ccc(CCc3ccc(O[C@@H](C)CO)cc3)cc2F)cc1. The number of hydrogen-bond donors (Lipinski definition) is 2.